The van der Waals surface area contributed by atoms with Crippen LogP contribution in [0.3, 0.4) is 0 Å². The Balaban J connectivity index is 0.00000147. The molecule has 5 heteroatoms. The molecular weight excluding hydrogens is 352 g/mol. The molecule has 0 aliphatic carbocycles. The molecule has 0 radical (unpaired) electrons. The normalized spacial score (nSPS) is 10.2. The standard InChI is InChI=1S/C15H14N2S2.BrH/c1-2-4-12-9-11(6-7-16-12)15-17-13(10-19-15)14-5-3-8-18-14;/h3,5-10H,2,4H2,1H3;1H/p-1. The van der Waals surface area contributed by atoms with Gasteiger partial charge in [-0.25, -0.2) is 4.98 Å². The number of hydrogen-bond acceptors (Lipinski definition) is 4. The van der Waals surface area contributed by atoms with Crippen molar-refractivity contribution in [1.82, 2.24) is 9.97 Å². The highest BCUT2D eigenvalue weighted by Gasteiger charge is 2.08. The van der Waals surface area contributed by atoms with E-state index in [0.29, 0.717) is 0 Å². The summed E-state index contributed by atoms with van der Waals surface area (Å²) in [5, 5.41) is 5.28. The van der Waals surface area contributed by atoms with Gasteiger partial charge in [0.1, 0.15) is 5.01 Å². The molecule has 0 amide bonds. The van der Waals surface area contributed by atoms with Crippen LogP contribution in [0, 0.1) is 0 Å². The van der Waals surface area contributed by atoms with E-state index in [1.54, 1.807) is 22.7 Å². The molecule has 0 bridgehead atoms. The zero-order valence-corrected chi connectivity index (χ0v) is 14.3. The van der Waals surface area contributed by atoms with Crippen LogP contribution in [0.25, 0.3) is 21.1 Å². The number of rotatable bonds is 4. The van der Waals surface area contributed by atoms with Crippen LogP contribution in [0.5, 0.6) is 0 Å². The summed E-state index contributed by atoms with van der Waals surface area (Å²) in [6, 6.07) is 8.36. The SMILES string of the molecule is CCCc1cc(-c2nc(-c3cccs3)cs2)ccn1.[Br-]. The molecule has 3 rings (SSSR count). The van der Waals surface area contributed by atoms with Gasteiger partial charge in [-0.05, 0) is 30.0 Å². The van der Waals surface area contributed by atoms with Gasteiger partial charge in [0.2, 0.25) is 0 Å². The summed E-state index contributed by atoms with van der Waals surface area (Å²) in [5.74, 6) is 0. The van der Waals surface area contributed by atoms with Crippen molar-refractivity contribution < 1.29 is 17.0 Å². The van der Waals surface area contributed by atoms with E-state index in [4.69, 9.17) is 4.98 Å². The first kappa shape index (κ1) is 15.4. The summed E-state index contributed by atoms with van der Waals surface area (Å²) in [6.07, 6.45) is 4.03. The Bertz CT molecular complexity index is 662. The van der Waals surface area contributed by atoms with Gasteiger partial charge in [0.15, 0.2) is 0 Å². The van der Waals surface area contributed by atoms with Crippen LogP contribution in [0.15, 0.2) is 41.2 Å². The minimum absolute atomic E-state index is 0. The van der Waals surface area contributed by atoms with E-state index in [1.807, 2.05) is 12.3 Å². The molecule has 0 unspecified atom stereocenters. The fourth-order valence-corrected chi connectivity index (χ4v) is 3.53. The number of thiazole rings is 1. The second-order valence-corrected chi connectivity index (χ2v) is 6.11. The number of pyridine rings is 1. The van der Waals surface area contributed by atoms with Gasteiger partial charge in [0.25, 0.3) is 0 Å². The van der Waals surface area contributed by atoms with Gasteiger partial charge in [-0.1, -0.05) is 19.4 Å². The molecular formula is C15H14BrN2S2-. The highest BCUT2D eigenvalue weighted by molar-refractivity contribution is 7.15. The van der Waals surface area contributed by atoms with Crippen molar-refractivity contribution >= 4 is 22.7 Å². The highest BCUT2D eigenvalue weighted by atomic mass is 79.9. The van der Waals surface area contributed by atoms with Crippen molar-refractivity contribution in [2.75, 3.05) is 0 Å². The van der Waals surface area contributed by atoms with Crippen LogP contribution in [0.1, 0.15) is 19.0 Å². The van der Waals surface area contributed by atoms with Crippen LogP contribution in [-0.4, -0.2) is 9.97 Å². The minimum Gasteiger partial charge on any atom is -1.00 e. The van der Waals surface area contributed by atoms with Gasteiger partial charge in [0, 0.05) is 22.8 Å². The van der Waals surface area contributed by atoms with Gasteiger partial charge in [-0.2, -0.15) is 0 Å². The van der Waals surface area contributed by atoms with Crippen LogP contribution < -0.4 is 17.0 Å². The van der Waals surface area contributed by atoms with Crippen LogP contribution in [-0.2, 0) is 6.42 Å². The first-order chi connectivity index (χ1) is 9.36. The largest absolute Gasteiger partial charge is 1.00 e. The van der Waals surface area contributed by atoms with E-state index in [1.165, 1.54) is 10.4 Å². The van der Waals surface area contributed by atoms with E-state index in [0.717, 1.165) is 29.2 Å². The van der Waals surface area contributed by atoms with Gasteiger partial charge in [-0.15, -0.1) is 22.7 Å². The van der Waals surface area contributed by atoms with Crippen molar-refractivity contribution in [2.24, 2.45) is 0 Å². The maximum atomic E-state index is 4.73. The summed E-state index contributed by atoms with van der Waals surface area (Å²) in [5.41, 5.74) is 3.39. The Morgan fingerprint density at radius 1 is 1.20 bits per heavy atom. The number of aromatic nitrogens is 2. The maximum absolute atomic E-state index is 4.73. The molecule has 0 fully saturated rings. The van der Waals surface area contributed by atoms with E-state index in [-0.39, 0.29) is 17.0 Å². The van der Waals surface area contributed by atoms with Crippen molar-refractivity contribution in [1.29, 1.82) is 0 Å². The Kier molecular flexibility index (Phi) is 5.46. The fraction of sp³-hybridized carbons (Fsp3) is 0.200. The minimum atomic E-state index is 0. The number of thiophene rings is 1. The third-order valence-corrected chi connectivity index (χ3v) is 4.63. The number of aryl methyl sites for hydroxylation is 1. The Morgan fingerprint density at radius 2 is 2.10 bits per heavy atom. The molecule has 3 aromatic rings. The molecule has 104 valence electrons. The first-order valence-electron chi connectivity index (χ1n) is 6.31. The van der Waals surface area contributed by atoms with Gasteiger partial charge in [0.05, 0.1) is 10.6 Å². The van der Waals surface area contributed by atoms with Crippen LogP contribution >= 0.6 is 22.7 Å². The second kappa shape index (κ2) is 7.11. The fourth-order valence-electron chi connectivity index (χ4n) is 1.95. The molecule has 0 saturated heterocycles. The smallest absolute Gasteiger partial charge is 0.124 e. The average Bonchev–Trinajstić information content (AvgIpc) is 3.11. The molecule has 0 aromatic carbocycles. The highest BCUT2D eigenvalue weighted by Crippen LogP contribution is 2.31. The molecule has 0 N–H and O–H groups in total. The van der Waals surface area contributed by atoms with E-state index >= 15 is 0 Å². The molecule has 0 saturated carbocycles. The third kappa shape index (κ3) is 3.34. The summed E-state index contributed by atoms with van der Waals surface area (Å²) < 4.78 is 0. The zero-order chi connectivity index (χ0) is 13.1. The van der Waals surface area contributed by atoms with Crippen molar-refractivity contribution in [3.63, 3.8) is 0 Å². The van der Waals surface area contributed by atoms with Crippen LogP contribution in [0.2, 0.25) is 0 Å². The van der Waals surface area contributed by atoms with E-state index in [9.17, 15) is 0 Å². The third-order valence-electron chi connectivity index (χ3n) is 2.85. The molecule has 0 spiro atoms. The van der Waals surface area contributed by atoms with E-state index < -0.39 is 0 Å². The summed E-state index contributed by atoms with van der Waals surface area (Å²) in [4.78, 5) is 10.3. The van der Waals surface area contributed by atoms with Gasteiger partial charge >= 0.3 is 0 Å². The lowest BCUT2D eigenvalue weighted by Gasteiger charge is -2.00. The van der Waals surface area contributed by atoms with Gasteiger partial charge < -0.3 is 17.0 Å². The molecule has 2 nitrogen and oxygen atoms in total. The zero-order valence-electron chi connectivity index (χ0n) is 11.0. The lowest BCUT2D eigenvalue weighted by molar-refractivity contribution is -0.00000382. The lowest BCUT2D eigenvalue weighted by Crippen LogP contribution is -3.00. The maximum Gasteiger partial charge on any atom is 0.124 e. The monoisotopic (exact) mass is 365 g/mol. The Morgan fingerprint density at radius 3 is 2.85 bits per heavy atom. The van der Waals surface area contributed by atoms with Crippen molar-refractivity contribution in [2.45, 2.75) is 19.8 Å². The van der Waals surface area contributed by atoms with Crippen LogP contribution in [0.4, 0.5) is 0 Å². The van der Waals surface area contributed by atoms with Crippen molar-refractivity contribution in [3.05, 3.63) is 46.9 Å². The summed E-state index contributed by atoms with van der Waals surface area (Å²) in [7, 11) is 0. The number of nitrogens with zero attached hydrogens (tertiary/aromatic N) is 2. The summed E-state index contributed by atoms with van der Waals surface area (Å²) >= 11 is 3.42. The molecule has 3 heterocycles. The van der Waals surface area contributed by atoms with Crippen molar-refractivity contribution in [3.8, 4) is 21.1 Å². The average molecular weight is 366 g/mol. The molecule has 0 aliphatic rings. The quantitative estimate of drug-likeness (QED) is 0.705. The predicted molar refractivity (Wildman–Crippen MR) is 82.7 cm³/mol. The predicted octanol–water partition coefficient (Wildman–Crippen LogP) is 1.89. The molecule has 0 atom stereocenters. The molecule has 3 aromatic heterocycles. The van der Waals surface area contributed by atoms with E-state index in [2.05, 4.69) is 40.9 Å². The first-order valence-corrected chi connectivity index (χ1v) is 8.07. The Hall–Kier alpha value is -1.04. The molecule has 0 aliphatic heterocycles. The molecule has 20 heavy (non-hydrogen) atoms. The summed E-state index contributed by atoms with van der Waals surface area (Å²) in [6.45, 7) is 2.17. The second-order valence-electron chi connectivity index (χ2n) is 4.30. The van der Waals surface area contributed by atoms with Gasteiger partial charge in [-0.3, -0.25) is 4.98 Å². The Labute approximate surface area is 137 Å². The topological polar surface area (TPSA) is 25.8 Å². The number of halogens is 1. The number of hydrogen-bond donors (Lipinski definition) is 0. The lowest BCUT2D eigenvalue weighted by atomic mass is 10.2.